The molecule has 0 atom stereocenters. The maximum Gasteiger partial charge on any atom is 0.387 e. The number of hydrogen-bond donors (Lipinski definition) is 1. The van der Waals surface area contributed by atoms with Gasteiger partial charge in [-0.1, -0.05) is 23.9 Å². The van der Waals surface area contributed by atoms with Gasteiger partial charge in [-0.05, 0) is 55.0 Å². The highest BCUT2D eigenvalue weighted by molar-refractivity contribution is 8.14. The molecule has 2 aromatic carbocycles. The van der Waals surface area contributed by atoms with Gasteiger partial charge in [0.05, 0.1) is 18.6 Å². The Labute approximate surface area is 188 Å². The van der Waals surface area contributed by atoms with E-state index in [-0.39, 0.29) is 23.1 Å². The van der Waals surface area contributed by atoms with E-state index in [1.54, 1.807) is 37.5 Å². The first kappa shape index (κ1) is 23.3. The van der Waals surface area contributed by atoms with Crippen molar-refractivity contribution < 1.29 is 27.8 Å². The minimum absolute atomic E-state index is 0.0298. The second kappa shape index (κ2) is 10.8. The molecule has 0 unspecified atom stereocenters. The molecule has 0 saturated heterocycles. The fourth-order valence-electron chi connectivity index (χ4n) is 2.83. The molecule has 0 saturated carbocycles. The first-order chi connectivity index (χ1) is 15.4. The second-order valence-electron chi connectivity index (χ2n) is 6.45. The van der Waals surface area contributed by atoms with E-state index in [2.05, 4.69) is 15.0 Å². The largest absolute Gasteiger partial charge is 0.497 e. The Kier molecular flexibility index (Phi) is 7.82. The van der Waals surface area contributed by atoms with Crippen LogP contribution in [-0.4, -0.2) is 43.0 Å². The van der Waals surface area contributed by atoms with Crippen molar-refractivity contribution >= 4 is 40.5 Å². The Hall–Kier alpha value is -3.40. The van der Waals surface area contributed by atoms with Crippen molar-refractivity contribution in [3.05, 3.63) is 59.8 Å². The maximum atomic E-state index is 13.1. The molecule has 0 fully saturated rings. The van der Waals surface area contributed by atoms with Gasteiger partial charge in [-0.3, -0.25) is 14.5 Å². The number of nitrogens with zero attached hydrogens (tertiary/aromatic N) is 2. The van der Waals surface area contributed by atoms with Gasteiger partial charge in [0, 0.05) is 6.54 Å². The first-order valence-electron chi connectivity index (χ1n) is 9.64. The molecule has 32 heavy (non-hydrogen) atoms. The van der Waals surface area contributed by atoms with Crippen LogP contribution in [0.1, 0.15) is 12.5 Å². The highest BCUT2D eigenvalue weighted by Gasteiger charge is 2.32. The quantitative estimate of drug-likeness (QED) is 0.603. The molecule has 2 amide bonds. The number of benzene rings is 2. The van der Waals surface area contributed by atoms with E-state index in [0.717, 1.165) is 17.3 Å². The molecule has 0 aliphatic carbocycles. The van der Waals surface area contributed by atoms with E-state index in [4.69, 9.17) is 4.74 Å². The van der Waals surface area contributed by atoms with E-state index in [0.29, 0.717) is 23.1 Å². The predicted molar refractivity (Wildman–Crippen MR) is 120 cm³/mol. The van der Waals surface area contributed by atoms with Crippen molar-refractivity contribution in [2.24, 2.45) is 4.99 Å². The number of methoxy groups -OCH3 is 1. The molecule has 10 heteroatoms. The zero-order chi connectivity index (χ0) is 23.1. The van der Waals surface area contributed by atoms with Gasteiger partial charge in [-0.2, -0.15) is 8.78 Å². The Morgan fingerprint density at radius 2 is 1.81 bits per heavy atom. The Morgan fingerprint density at radius 3 is 2.41 bits per heavy atom. The van der Waals surface area contributed by atoms with Crippen LogP contribution in [-0.2, 0) is 9.59 Å². The average molecular weight is 461 g/mol. The average Bonchev–Trinajstić information content (AvgIpc) is 3.08. The van der Waals surface area contributed by atoms with Crippen LogP contribution in [0.3, 0.4) is 0 Å². The molecule has 0 bridgehead atoms. The van der Waals surface area contributed by atoms with E-state index in [9.17, 15) is 18.4 Å². The monoisotopic (exact) mass is 461 g/mol. The third kappa shape index (κ3) is 5.85. The van der Waals surface area contributed by atoms with Crippen molar-refractivity contribution in [1.29, 1.82) is 0 Å². The minimum Gasteiger partial charge on any atom is -0.497 e. The number of halogens is 2. The molecular formula is C22H21F2N3O4S. The number of anilines is 1. The summed E-state index contributed by atoms with van der Waals surface area (Å²) in [7, 11) is 1.56. The van der Waals surface area contributed by atoms with Crippen LogP contribution < -0.4 is 19.7 Å². The number of nitrogens with one attached hydrogen (secondary N) is 1. The molecule has 0 spiro atoms. The van der Waals surface area contributed by atoms with E-state index in [1.807, 2.05) is 6.92 Å². The Balaban J connectivity index is 1.89. The lowest BCUT2D eigenvalue weighted by atomic mass is 10.2. The number of ether oxygens (including phenoxy) is 2. The summed E-state index contributed by atoms with van der Waals surface area (Å²) in [6, 6.07) is 12.7. The molecule has 168 valence electrons. The topological polar surface area (TPSA) is 80.2 Å². The van der Waals surface area contributed by atoms with Gasteiger partial charge >= 0.3 is 6.61 Å². The highest BCUT2D eigenvalue weighted by Crippen LogP contribution is 2.31. The first-order valence-corrected chi connectivity index (χ1v) is 10.6. The minimum atomic E-state index is -2.95. The Morgan fingerprint density at radius 1 is 1.16 bits per heavy atom. The molecule has 3 rings (SSSR count). The number of amidine groups is 1. The molecule has 0 radical (unpaired) electrons. The summed E-state index contributed by atoms with van der Waals surface area (Å²) in [6.45, 7) is -0.648. The number of aliphatic imine (C=N–C) groups is 1. The summed E-state index contributed by atoms with van der Waals surface area (Å²) in [5, 5.41) is 3.00. The third-order valence-corrected chi connectivity index (χ3v) is 5.21. The van der Waals surface area contributed by atoms with Crippen LogP contribution in [0, 0.1) is 0 Å². The Bertz CT molecular complexity index is 1020. The lowest BCUT2D eigenvalue weighted by molar-refractivity contribution is -0.118. The van der Waals surface area contributed by atoms with Crippen molar-refractivity contribution in [2.75, 3.05) is 24.3 Å². The van der Waals surface area contributed by atoms with Gasteiger partial charge in [0.1, 0.15) is 17.2 Å². The van der Waals surface area contributed by atoms with Gasteiger partial charge in [0.15, 0.2) is 5.17 Å². The normalized spacial score (nSPS) is 14.7. The van der Waals surface area contributed by atoms with Crippen molar-refractivity contribution in [3.8, 4) is 11.5 Å². The second-order valence-corrected chi connectivity index (χ2v) is 7.39. The van der Waals surface area contributed by atoms with Crippen LogP contribution in [0.5, 0.6) is 11.5 Å². The van der Waals surface area contributed by atoms with Crippen LogP contribution in [0.2, 0.25) is 0 Å². The predicted octanol–water partition coefficient (Wildman–Crippen LogP) is 3.91. The van der Waals surface area contributed by atoms with Gasteiger partial charge in [0.2, 0.25) is 5.91 Å². The smallest absolute Gasteiger partial charge is 0.387 e. The van der Waals surface area contributed by atoms with E-state index in [1.165, 1.54) is 29.2 Å². The lowest BCUT2D eigenvalue weighted by Gasteiger charge is -2.18. The van der Waals surface area contributed by atoms with Gasteiger partial charge in [0.25, 0.3) is 5.91 Å². The fraction of sp³-hybridized carbons (Fsp3) is 0.227. The summed E-state index contributed by atoms with van der Waals surface area (Å²) in [4.78, 5) is 30.8. The van der Waals surface area contributed by atoms with Crippen molar-refractivity contribution in [1.82, 2.24) is 5.32 Å². The number of alkyl halides is 2. The molecule has 2 aromatic rings. The molecule has 1 N–H and O–H groups in total. The number of amides is 2. The van der Waals surface area contributed by atoms with E-state index < -0.39 is 12.5 Å². The van der Waals surface area contributed by atoms with Crippen LogP contribution >= 0.6 is 11.8 Å². The van der Waals surface area contributed by atoms with Crippen LogP contribution in [0.4, 0.5) is 14.5 Å². The number of hydrogen-bond acceptors (Lipinski definition) is 6. The highest BCUT2D eigenvalue weighted by atomic mass is 32.2. The number of carbonyl (C=O) groups is 2. The summed E-state index contributed by atoms with van der Waals surface area (Å²) in [5.41, 5.74) is 1.34. The van der Waals surface area contributed by atoms with Gasteiger partial charge in [-0.25, -0.2) is 4.99 Å². The van der Waals surface area contributed by atoms with E-state index >= 15 is 0 Å². The van der Waals surface area contributed by atoms with Crippen molar-refractivity contribution in [3.63, 3.8) is 0 Å². The van der Waals surface area contributed by atoms with Gasteiger partial charge < -0.3 is 14.8 Å². The van der Waals surface area contributed by atoms with Crippen LogP contribution in [0.25, 0.3) is 6.08 Å². The molecular weight excluding hydrogens is 440 g/mol. The summed E-state index contributed by atoms with van der Waals surface area (Å²) < 4.78 is 34.4. The number of carbonyl (C=O) groups excluding carboxylic acids is 2. The maximum absolute atomic E-state index is 13.1. The fourth-order valence-corrected chi connectivity index (χ4v) is 3.68. The summed E-state index contributed by atoms with van der Waals surface area (Å²) >= 11 is 1.10. The molecule has 1 aliphatic rings. The van der Waals surface area contributed by atoms with Crippen molar-refractivity contribution in [2.45, 2.75) is 13.5 Å². The lowest BCUT2D eigenvalue weighted by Crippen LogP contribution is -2.32. The summed E-state index contributed by atoms with van der Waals surface area (Å²) in [6.07, 6.45) is 1.63. The molecule has 0 aromatic heterocycles. The number of thioether (sulfide) groups is 1. The molecule has 7 nitrogen and oxygen atoms in total. The number of rotatable bonds is 8. The van der Waals surface area contributed by atoms with Gasteiger partial charge in [-0.15, -0.1) is 0 Å². The summed E-state index contributed by atoms with van der Waals surface area (Å²) in [5.74, 6) is 0.124. The standard InChI is InChI=1S/C22H21F2N3O4S/c1-3-25-19(28)13-32-22-26-18(12-14-4-8-16(30-2)9-5-14)20(29)27(22)15-6-10-17(11-7-15)31-21(23)24/h4-12,21H,3,13H2,1-2H3,(H,25,28)/b18-12-. The SMILES string of the molecule is CCNC(=O)CSC1=N/C(=C\c2ccc(OC)cc2)C(=O)N1c1ccc(OC(F)F)cc1. The third-order valence-electron chi connectivity index (χ3n) is 4.28. The zero-order valence-corrected chi connectivity index (χ0v) is 18.2. The van der Waals surface area contributed by atoms with Crippen LogP contribution in [0.15, 0.2) is 59.2 Å². The molecule has 1 heterocycles. The zero-order valence-electron chi connectivity index (χ0n) is 17.4. The molecule has 1 aliphatic heterocycles.